The Morgan fingerprint density at radius 1 is 1.02 bits per heavy atom. The molecule has 2 heterocycles. The van der Waals surface area contributed by atoms with Crippen molar-refractivity contribution in [3.05, 3.63) is 102 Å². The second kappa shape index (κ2) is 12.2. The van der Waals surface area contributed by atoms with Gasteiger partial charge in [0.05, 0.1) is 11.4 Å². The quantitative estimate of drug-likeness (QED) is 0.204. The Hall–Kier alpha value is -3.76. The highest BCUT2D eigenvalue weighted by Gasteiger charge is 2.39. The van der Waals surface area contributed by atoms with E-state index < -0.39 is 27.8 Å². The van der Waals surface area contributed by atoms with Crippen LogP contribution in [0, 0.1) is 6.92 Å². The minimum Gasteiger partial charge on any atom is -0.444 e. The first-order valence-corrected chi connectivity index (χ1v) is 16.1. The van der Waals surface area contributed by atoms with Crippen molar-refractivity contribution in [2.45, 2.75) is 73.6 Å². The molecule has 1 aromatic heterocycles. The van der Waals surface area contributed by atoms with Gasteiger partial charge in [0, 0.05) is 11.4 Å². The van der Waals surface area contributed by atoms with Gasteiger partial charge in [-0.25, -0.2) is 17.5 Å². The highest BCUT2D eigenvalue weighted by molar-refractivity contribution is 7.99. The zero-order valence-electron chi connectivity index (χ0n) is 24.2. The number of aryl methyl sites for hydroxylation is 1. The number of benzene rings is 3. The van der Waals surface area contributed by atoms with Gasteiger partial charge in [0.25, 0.3) is 10.0 Å². The molecule has 0 N–H and O–H groups in total. The predicted octanol–water partition coefficient (Wildman–Crippen LogP) is 7.60. The molecular formula is C32H35N3O5S2. The molecule has 0 radical (unpaired) electrons. The zero-order chi connectivity index (χ0) is 29.9. The van der Waals surface area contributed by atoms with Crippen LogP contribution < -0.4 is 4.31 Å². The van der Waals surface area contributed by atoms with Gasteiger partial charge in [-0.2, -0.15) is 4.98 Å². The van der Waals surface area contributed by atoms with E-state index in [1.54, 1.807) is 29.2 Å². The van der Waals surface area contributed by atoms with E-state index in [0.29, 0.717) is 18.1 Å². The molecule has 220 valence electrons. The molecule has 0 bridgehead atoms. The molecule has 4 aromatic rings. The van der Waals surface area contributed by atoms with Gasteiger partial charge >= 0.3 is 6.09 Å². The number of carbonyl (C=O) groups is 1. The van der Waals surface area contributed by atoms with Gasteiger partial charge in [-0.05, 0) is 82.1 Å². The van der Waals surface area contributed by atoms with E-state index in [-0.39, 0.29) is 23.1 Å². The molecule has 1 fully saturated rings. The molecule has 5 rings (SSSR count). The summed E-state index contributed by atoms with van der Waals surface area (Å²) >= 11 is 1.30. The number of anilines is 1. The van der Waals surface area contributed by atoms with Crippen LogP contribution in [0.5, 0.6) is 0 Å². The van der Waals surface area contributed by atoms with Crippen LogP contribution in [-0.4, -0.2) is 36.5 Å². The standard InChI is InChI=1S/C32H35N3O5S2/c1-23-17-19-26(20-18-23)42(37,38)35(22-24-12-7-5-8-13-24)28-30(41-25-14-9-6-10-15-25)39-29(33-28)27-16-11-21-34(27)31(36)40-32(2,3)4/h5-10,12-15,17-20,27H,11,16,21-22H2,1-4H3/t27-/m0/s1. The Morgan fingerprint density at radius 3 is 2.31 bits per heavy atom. The minimum absolute atomic E-state index is 0.0474. The van der Waals surface area contributed by atoms with Crippen LogP contribution in [0.4, 0.5) is 10.6 Å². The molecule has 0 spiro atoms. The van der Waals surface area contributed by atoms with Crippen molar-refractivity contribution >= 4 is 33.7 Å². The van der Waals surface area contributed by atoms with E-state index in [4.69, 9.17) is 14.1 Å². The maximum absolute atomic E-state index is 14.3. The smallest absolute Gasteiger partial charge is 0.410 e. The van der Waals surface area contributed by atoms with Crippen LogP contribution in [0.15, 0.2) is 104 Å². The second-order valence-electron chi connectivity index (χ2n) is 11.2. The number of hydrogen-bond acceptors (Lipinski definition) is 7. The summed E-state index contributed by atoms with van der Waals surface area (Å²) < 4.78 is 41.9. The molecule has 1 amide bonds. The first kappa shape index (κ1) is 29.7. The molecule has 1 aliphatic rings. The topological polar surface area (TPSA) is 93.0 Å². The summed E-state index contributed by atoms with van der Waals surface area (Å²) in [7, 11) is -4.06. The number of oxazole rings is 1. The van der Waals surface area contributed by atoms with Crippen molar-refractivity contribution in [1.82, 2.24) is 9.88 Å². The third kappa shape index (κ3) is 6.82. The van der Waals surface area contributed by atoms with Crippen molar-refractivity contribution in [1.29, 1.82) is 0 Å². The van der Waals surface area contributed by atoms with E-state index in [1.807, 2.05) is 88.4 Å². The largest absolute Gasteiger partial charge is 0.444 e. The van der Waals surface area contributed by atoms with Gasteiger partial charge in [-0.1, -0.05) is 66.2 Å². The third-order valence-electron chi connectivity index (χ3n) is 6.73. The van der Waals surface area contributed by atoms with Crippen molar-refractivity contribution < 1.29 is 22.4 Å². The van der Waals surface area contributed by atoms with Gasteiger partial charge < -0.3 is 9.15 Å². The lowest BCUT2D eigenvalue weighted by molar-refractivity contribution is 0.0201. The van der Waals surface area contributed by atoms with Crippen LogP contribution in [0.3, 0.4) is 0 Å². The number of aromatic nitrogens is 1. The summed E-state index contributed by atoms with van der Waals surface area (Å²) in [6.45, 7) is 7.93. The fourth-order valence-corrected chi connectivity index (χ4v) is 7.04. The minimum atomic E-state index is -4.06. The highest BCUT2D eigenvalue weighted by Crippen LogP contribution is 2.42. The van der Waals surface area contributed by atoms with E-state index in [0.717, 1.165) is 22.4 Å². The van der Waals surface area contributed by atoms with Crippen molar-refractivity contribution in [2.24, 2.45) is 0 Å². The first-order valence-electron chi connectivity index (χ1n) is 13.9. The molecule has 1 atom stereocenters. The fourth-order valence-electron chi connectivity index (χ4n) is 4.70. The summed E-state index contributed by atoms with van der Waals surface area (Å²) in [4.78, 5) is 20.6. The lowest BCUT2D eigenvalue weighted by Gasteiger charge is -2.27. The van der Waals surface area contributed by atoms with Gasteiger partial charge in [0.1, 0.15) is 11.6 Å². The lowest BCUT2D eigenvalue weighted by atomic mass is 10.2. The number of nitrogens with zero attached hydrogens (tertiary/aromatic N) is 3. The van der Waals surface area contributed by atoms with Crippen molar-refractivity contribution in [2.75, 3.05) is 10.8 Å². The van der Waals surface area contributed by atoms with E-state index in [1.165, 1.54) is 16.1 Å². The van der Waals surface area contributed by atoms with E-state index in [2.05, 4.69) is 0 Å². The maximum Gasteiger partial charge on any atom is 0.410 e. The maximum atomic E-state index is 14.3. The van der Waals surface area contributed by atoms with Crippen LogP contribution in [0.1, 0.15) is 56.7 Å². The van der Waals surface area contributed by atoms with Crippen molar-refractivity contribution in [3.8, 4) is 0 Å². The predicted molar refractivity (Wildman–Crippen MR) is 163 cm³/mol. The number of amides is 1. The van der Waals surface area contributed by atoms with Crippen LogP contribution in [0.25, 0.3) is 0 Å². The molecule has 1 aliphatic heterocycles. The monoisotopic (exact) mass is 605 g/mol. The Labute approximate surface area is 251 Å². The average Bonchev–Trinajstić information content (AvgIpc) is 3.60. The van der Waals surface area contributed by atoms with Crippen LogP contribution in [0.2, 0.25) is 0 Å². The average molecular weight is 606 g/mol. The van der Waals surface area contributed by atoms with Crippen LogP contribution >= 0.6 is 11.8 Å². The summed E-state index contributed by atoms with van der Waals surface area (Å²) in [6, 6.07) is 25.3. The van der Waals surface area contributed by atoms with E-state index >= 15 is 0 Å². The number of likely N-dealkylation sites (tertiary alicyclic amines) is 1. The SMILES string of the molecule is Cc1ccc(S(=O)(=O)N(Cc2ccccc2)c2nc([C@@H]3CCCN3C(=O)OC(C)(C)C)oc2Sc2ccccc2)cc1. The molecule has 0 unspecified atom stereocenters. The summed E-state index contributed by atoms with van der Waals surface area (Å²) in [5, 5.41) is 0.332. The Morgan fingerprint density at radius 2 is 1.67 bits per heavy atom. The van der Waals surface area contributed by atoms with Gasteiger partial charge in [-0.15, -0.1) is 0 Å². The number of rotatable bonds is 8. The molecule has 1 saturated heterocycles. The molecule has 10 heteroatoms. The summed E-state index contributed by atoms with van der Waals surface area (Å²) in [5.74, 6) is 0.461. The van der Waals surface area contributed by atoms with Gasteiger partial charge in [0.2, 0.25) is 11.0 Å². The normalized spacial score (nSPS) is 15.5. The lowest BCUT2D eigenvalue weighted by Crippen LogP contribution is -2.36. The second-order valence-corrected chi connectivity index (χ2v) is 14.1. The Bertz CT molecular complexity index is 1620. The zero-order valence-corrected chi connectivity index (χ0v) is 25.8. The Kier molecular flexibility index (Phi) is 8.65. The highest BCUT2D eigenvalue weighted by atomic mass is 32.2. The Balaban J connectivity index is 1.62. The summed E-state index contributed by atoms with van der Waals surface area (Å²) in [5.41, 5.74) is 1.09. The number of sulfonamides is 1. The van der Waals surface area contributed by atoms with E-state index in [9.17, 15) is 13.2 Å². The first-order chi connectivity index (χ1) is 20.0. The molecule has 8 nitrogen and oxygen atoms in total. The number of ether oxygens (including phenoxy) is 1. The molecular weight excluding hydrogens is 571 g/mol. The fraction of sp³-hybridized carbons (Fsp3) is 0.312. The molecule has 0 aliphatic carbocycles. The molecule has 3 aromatic carbocycles. The molecule has 42 heavy (non-hydrogen) atoms. The van der Waals surface area contributed by atoms with Crippen LogP contribution in [-0.2, 0) is 21.3 Å². The molecule has 0 saturated carbocycles. The number of carbonyl (C=O) groups excluding carboxylic acids is 1. The van der Waals surface area contributed by atoms with Gasteiger partial charge in [0.15, 0.2) is 5.82 Å². The van der Waals surface area contributed by atoms with Gasteiger partial charge in [-0.3, -0.25) is 4.90 Å². The number of hydrogen-bond donors (Lipinski definition) is 0. The summed E-state index contributed by atoms with van der Waals surface area (Å²) in [6.07, 6.45) is 0.923. The third-order valence-corrected chi connectivity index (χ3v) is 9.44. The van der Waals surface area contributed by atoms with Crippen molar-refractivity contribution in [3.63, 3.8) is 0 Å².